The summed E-state index contributed by atoms with van der Waals surface area (Å²) in [4.78, 5) is 4.61. The van der Waals surface area contributed by atoms with Crippen LogP contribution in [0.15, 0.2) is 24.3 Å². The smallest absolute Gasteiger partial charge is 0.106 e. The summed E-state index contributed by atoms with van der Waals surface area (Å²) in [6, 6.07) is 8.79. The van der Waals surface area contributed by atoms with Crippen molar-refractivity contribution < 1.29 is 0 Å². The summed E-state index contributed by atoms with van der Waals surface area (Å²) in [5.74, 6) is 1.81. The van der Waals surface area contributed by atoms with Crippen LogP contribution in [0.4, 0.5) is 0 Å². The monoisotopic (exact) mass is 243 g/mol. The van der Waals surface area contributed by atoms with E-state index in [0.717, 1.165) is 17.9 Å². The van der Waals surface area contributed by atoms with Gasteiger partial charge in [0.15, 0.2) is 0 Å². The van der Waals surface area contributed by atoms with Gasteiger partial charge in [-0.2, -0.15) is 0 Å². The van der Waals surface area contributed by atoms with Crippen molar-refractivity contribution in [2.45, 2.75) is 45.2 Å². The summed E-state index contributed by atoms with van der Waals surface area (Å²) >= 11 is 0. The Balaban J connectivity index is 1.80. The zero-order chi connectivity index (χ0) is 12.5. The minimum atomic E-state index is 0.417. The SMILES string of the molecule is Cc1nc2ccccc2n1CCC1CCCC1N. The number of hydrogen-bond donors (Lipinski definition) is 1. The number of hydrogen-bond acceptors (Lipinski definition) is 2. The molecule has 0 saturated heterocycles. The average molecular weight is 243 g/mol. The summed E-state index contributed by atoms with van der Waals surface area (Å²) in [5.41, 5.74) is 8.50. The van der Waals surface area contributed by atoms with Crippen LogP contribution in [0, 0.1) is 12.8 Å². The van der Waals surface area contributed by atoms with E-state index in [2.05, 4.69) is 34.7 Å². The first-order valence-corrected chi connectivity index (χ1v) is 6.93. The van der Waals surface area contributed by atoms with E-state index in [1.165, 1.54) is 31.2 Å². The number of benzene rings is 1. The highest BCUT2D eigenvalue weighted by Gasteiger charge is 2.23. The standard InChI is InChI=1S/C15H21N3/c1-11-17-14-7-2-3-8-15(14)18(11)10-9-12-5-4-6-13(12)16/h2-3,7-8,12-13H,4-6,9-10,16H2,1H3. The van der Waals surface area contributed by atoms with Crippen LogP contribution in [0.5, 0.6) is 0 Å². The van der Waals surface area contributed by atoms with Gasteiger partial charge in [-0.05, 0) is 44.2 Å². The van der Waals surface area contributed by atoms with E-state index in [1.54, 1.807) is 0 Å². The van der Waals surface area contributed by atoms with Gasteiger partial charge in [-0.25, -0.2) is 4.98 Å². The van der Waals surface area contributed by atoms with Gasteiger partial charge in [-0.1, -0.05) is 18.6 Å². The van der Waals surface area contributed by atoms with Gasteiger partial charge in [-0.3, -0.25) is 0 Å². The quantitative estimate of drug-likeness (QED) is 0.900. The van der Waals surface area contributed by atoms with Gasteiger partial charge in [0.1, 0.15) is 5.82 Å². The first-order chi connectivity index (χ1) is 8.75. The summed E-state index contributed by atoms with van der Waals surface area (Å²) in [6.45, 7) is 3.14. The maximum Gasteiger partial charge on any atom is 0.106 e. The number of aromatic nitrogens is 2. The van der Waals surface area contributed by atoms with Gasteiger partial charge >= 0.3 is 0 Å². The van der Waals surface area contributed by atoms with E-state index in [4.69, 9.17) is 5.73 Å². The Morgan fingerprint density at radius 3 is 2.94 bits per heavy atom. The highest BCUT2D eigenvalue weighted by Crippen LogP contribution is 2.28. The molecule has 0 radical (unpaired) electrons. The van der Waals surface area contributed by atoms with Crippen molar-refractivity contribution in [1.29, 1.82) is 0 Å². The summed E-state index contributed by atoms with van der Waals surface area (Å²) in [7, 11) is 0. The van der Waals surface area contributed by atoms with Crippen LogP contribution in [0.25, 0.3) is 11.0 Å². The van der Waals surface area contributed by atoms with Crippen molar-refractivity contribution >= 4 is 11.0 Å². The predicted octanol–water partition coefficient (Wildman–Crippen LogP) is 2.86. The molecule has 2 aromatic rings. The predicted molar refractivity (Wildman–Crippen MR) is 74.4 cm³/mol. The first-order valence-electron chi connectivity index (χ1n) is 6.93. The third-order valence-corrected chi connectivity index (χ3v) is 4.29. The molecule has 3 nitrogen and oxygen atoms in total. The molecule has 2 N–H and O–H groups in total. The van der Waals surface area contributed by atoms with Gasteiger partial charge in [0.05, 0.1) is 11.0 Å². The topological polar surface area (TPSA) is 43.8 Å². The third-order valence-electron chi connectivity index (χ3n) is 4.29. The lowest BCUT2D eigenvalue weighted by atomic mass is 10.0. The van der Waals surface area contributed by atoms with Crippen LogP contribution >= 0.6 is 0 Å². The van der Waals surface area contributed by atoms with E-state index in [-0.39, 0.29) is 0 Å². The second-order valence-electron chi connectivity index (χ2n) is 5.44. The molecule has 2 unspecified atom stereocenters. The Morgan fingerprint density at radius 2 is 2.17 bits per heavy atom. The highest BCUT2D eigenvalue weighted by atomic mass is 15.1. The number of fused-ring (bicyclic) bond motifs is 1. The Morgan fingerprint density at radius 1 is 1.33 bits per heavy atom. The molecule has 0 amide bonds. The van der Waals surface area contributed by atoms with Crippen molar-refractivity contribution in [3.8, 4) is 0 Å². The molecule has 1 heterocycles. The molecule has 1 saturated carbocycles. The van der Waals surface area contributed by atoms with E-state index >= 15 is 0 Å². The molecule has 1 aromatic carbocycles. The summed E-state index contributed by atoms with van der Waals surface area (Å²) < 4.78 is 2.33. The van der Waals surface area contributed by atoms with Gasteiger partial charge in [0, 0.05) is 12.6 Å². The fraction of sp³-hybridized carbons (Fsp3) is 0.533. The van der Waals surface area contributed by atoms with Crippen molar-refractivity contribution in [2.24, 2.45) is 11.7 Å². The van der Waals surface area contributed by atoms with Crippen LogP contribution in [0.1, 0.15) is 31.5 Å². The van der Waals surface area contributed by atoms with Gasteiger partial charge in [-0.15, -0.1) is 0 Å². The lowest BCUT2D eigenvalue weighted by Crippen LogP contribution is -2.25. The number of nitrogens with two attached hydrogens (primary N) is 1. The lowest BCUT2D eigenvalue weighted by Gasteiger charge is -2.16. The van der Waals surface area contributed by atoms with Crippen molar-refractivity contribution in [2.75, 3.05) is 0 Å². The summed E-state index contributed by atoms with van der Waals surface area (Å²) in [5, 5.41) is 0. The van der Waals surface area contributed by atoms with E-state index in [1.807, 2.05) is 6.07 Å². The normalized spacial score (nSPS) is 23.9. The molecule has 1 aliphatic carbocycles. The molecule has 3 rings (SSSR count). The van der Waals surface area contributed by atoms with Crippen LogP contribution in [-0.2, 0) is 6.54 Å². The van der Waals surface area contributed by atoms with Crippen LogP contribution in [0.3, 0.4) is 0 Å². The van der Waals surface area contributed by atoms with Gasteiger partial charge in [0.2, 0.25) is 0 Å². The first kappa shape index (κ1) is 11.7. The fourth-order valence-electron chi connectivity index (χ4n) is 3.20. The molecule has 3 heteroatoms. The molecular formula is C15H21N3. The zero-order valence-corrected chi connectivity index (χ0v) is 11.0. The number of aryl methyl sites for hydroxylation is 2. The largest absolute Gasteiger partial charge is 0.328 e. The molecule has 0 aliphatic heterocycles. The molecule has 0 bridgehead atoms. The van der Waals surface area contributed by atoms with Crippen molar-refractivity contribution in [1.82, 2.24) is 9.55 Å². The van der Waals surface area contributed by atoms with E-state index < -0.39 is 0 Å². The number of rotatable bonds is 3. The number of para-hydroxylation sites is 2. The second kappa shape index (κ2) is 4.73. The molecular weight excluding hydrogens is 222 g/mol. The van der Waals surface area contributed by atoms with Crippen LogP contribution < -0.4 is 5.73 Å². The Kier molecular flexibility index (Phi) is 3.08. The Labute approximate surface area is 108 Å². The lowest BCUT2D eigenvalue weighted by molar-refractivity contribution is 0.416. The maximum absolute atomic E-state index is 6.14. The molecule has 0 spiro atoms. The van der Waals surface area contributed by atoms with Gasteiger partial charge < -0.3 is 10.3 Å². The van der Waals surface area contributed by atoms with Crippen molar-refractivity contribution in [3.63, 3.8) is 0 Å². The molecule has 2 atom stereocenters. The number of nitrogens with zero attached hydrogens (tertiary/aromatic N) is 2. The Hall–Kier alpha value is -1.35. The average Bonchev–Trinajstić information content (AvgIpc) is 2.90. The molecule has 1 aliphatic rings. The molecule has 96 valence electrons. The minimum Gasteiger partial charge on any atom is -0.328 e. The fourth-order valence-corrected chi connectivity index (χ4v) is 3.20. The van der Waals surface area contributed by atoms with E-state index in [9.17, 15) is 0 Å². The number of imidazole rings is 1. The zero-order valence-electron chi connectivity index (χ0n) is 11.0. The van der Waals surface area contributed by atoms with Crippen LogP contribution in [-0.4, -0.2) is 15.6 Å². The minimum absolute atomic E-state index is 0.417. The van der Waals surface area contributed by atoms with Crippen molar-refractivity contribution in [3.05, 3.63) is 30.1 Å². The summed E-state index contributed by atoms with van der Waals surface area (Å²) in [6.07, 6.45) is 4.99. The van der Waals surface area contributed by atoms with E-state index in [0.29, 0.717) is 12.0 Å². The Bertz CT molecular complexity index is 544. The highest BCUT2D eigenvalue weighted by molar-refractivity contribution is 5.75. The molecule has 1 aromatic heterocycles. The second-order valence-corrected chi connectivity index (χ2v) is 5.44. The maximum atomic E-state index is 6.14. The van der Waals surface area contributed by atoms with Gasteiger partial charge in [0.25, 0.3) is 0 Å². The van der Waals surface area contributed by atoms with Crippen LogP contribution in [0.2, 0.25) is 0 Å². The third kappa shape index (κ3) is 2.03. The molecule has 1 fully saturated rings. The molecule has 18 heavy (non-hydrogen) atoms.